The Kier molecular flexibility index (Phi) is 5.04. The summed E-state index contributed by atoms with van der Waals surface area (Å²) in [5.74, 6) is 0.584. The number of sulfone groups is 1. The summed E-state index contributed by atoms with van der Waals surface area (Å²) in [5.41, 5.74) is 5.67. The Morgan fingerprint density at radius 2 is 2.19 bits per heavy atom. The molecule has 0 spiro atoms. The SMILES string of the molecule is CCN(C(=O)CSc1nccnc1N)C1CCS(=O)(=O)C1. The van der Waals surface area contributed by atoms with Crippen LogP contribution in [0.2, 0.25) is 0 Å². The van der Waals surface area contributed by atoms with Gasteiger partial charge in [0, 0.05) is 25.0 Å². The van der Waals surface area contributed by atoms with Crippen LogP contribution in [0.5, 0.6) is 0 Å². The van der Waals surface area contributed by atoms with Crippen LogP contribution >= 0.6 is 11.8 Å². The fourth-order valence-corrected chi connectivity index (χ4v) is 4.81. The minimum Gasteiger partial charge on any atom is -0.381 e. The first kappa shape index (κ1) is 16.0. The van der Waals surface area contributed by atoms with E-state index in [4.69, 9.17) is 5.73 Å². The lowest BCUT2D eigenvalue weighted by molar-refractivity contribution is -0.129. The molecule has 1 aliphatic rings. The molecule has 0 saturated carbocycles. The van der Waals surface area contributed by atoms with Crippen LogP contribution in [-0.4, -0.2) is 59.0 Å². The van der Waals surface area contributed by atoms with Gasteiger partial charge >= 0.3 is 0 Å². The summed E-state index contributed by atoms with van der Waals surface area (Å²) in [6, 6.07) is -0.215. The molecule has 2 heterocycles. The summed E-state index contributed by atoms with van der Waals surface area (Å²) in [6.07, 6.45) is 3.52. The second kappa shape index (κ2) is 6.61. The minimum atomic E-state index is -3.00. The number of nitrogens with zero attached hydrogens (tertiary/aromatic N) is 3. The topological polar surface area (TPSA) is 106 Å². The Labute approximate surface area is 128 Å². The first-order valence-corrected chi connectivity index (χ1v) is 9.43. The maximum atomic E-state index is 12.3. The van der Waals surface area contributed by atoms with Gasteiger partial charge < -0.3 is 10.6 Å². The van der Waals surface area contributed by atoms with Crippen LogP contribution in [0.1, 0.15) is 13.3 Å². The monoisotopic (exact) mass is 330 g/mol. The molecule has 1 aromatic heterocycles. The predicted molar refractivity (Wildman–Crippen MR) is 81.6 cm³/mol. The zero-order valence-corrected chi connectivity index (χ0v) is 13.4. The van der Waals surface area contributed by atoms with E-state index in [1.807, 2.05) is 6.92 Å². The number of hydrogen-bond acceptors (Lipinski definition) is 7. The molecular formula is C12H18N4O3S2. The average molecular weight is 330 g/mol. The number of amides is 1. The van der Waals surface area contributed by atoms with Gasteiger partial charge in [-0.3, -0.25) is 4.79 Å². The zero-order chi connectivity index (χ0) is 15.5. The number of thioether (sulfide) groups is 1. The van der Waals surface area contributed by atoms with Crippen LogP contribution in [0, 0.1) is 0 Å². The second-order valence-corrected chi connectivity index (χ2v) is 7.96. The number of rotatable bonds is 5. The van der Waals surface area contributed by atoms with Crippen molar-refractivity contribution in [2.75, 3.05) is 29.5 Å². The fourth-order valence-electron chi connectivity index (χ4n) is 2.32. The quantitative estimate of drug-likeness (QED) is 0.768. The van der Waals surface area contributed by atoms with Crippen molar-refractivity contribution in [2.24, 2.45) is 0 Å². The third-order valence-corrected chi connectivity index (χ3v) is 6.06. The summed E-state index contributed by atoms with van der Waals surface area (Å²) in [5, 5.41) is 0.515. The summed E-state index contributed by atoms with van der Waals surface area (Å²) in [4.78, 5) is 21.9. The Hall–Kier alpha value is -1.35. The fraction of sp³-hybridized carbons (Fsp3) is 0.583. The molecule has 1 unspecified atom stereocenters. The van der Waals surface area contributed by atoms with Crippen molar-refractivity contribution < 1.29 is 13.2 Å². The van der Waals surface area contributed by atoms with E-state index in [1.165, 1.54) is 24.2 Å². The lowest BCUT2D eigenvalue weighted by Gasteiger charge is -2.26. The van der Waals surface area contributed by atoms with Crippen LogP contribution < -0.4 is 5.73 Å². The van der Waals surface area contributed by atoms with Crippen LogP contribution in [-0.2, 0) is 14.6 Å². The van der Waals surface area contributed by atoms with Gasteiger partial charge in [0.05, 0.1) is 17.3 Å². The largest absolute Gasteiger partial charge is 0.381 e. The number of nitrogens with two attached hydrogens (primary N) is 1. The van der Waals surface area contributed by atoms with Crippen LogP contribution in [0.4, 0.5) is 5.82 Å². The van der Waals surface area contributed by atoms with Crippen molar-refractivity contribution in [3.8, 4) is 0 Å². The van der Waals surface area contributed by atoms with Gasteiger partial charge in [-0.25, -0.2) is 18.4 Å². The molecule has 0 aliphatic carbocycles. The second-order valence-electron chi connectivity index (χ2n) is 4.77. The number of aromatic nitrogens is 2. The van der Waals surface area contributed by atoms with Gasteiger partial charge in [0.25, 0.3) is 0 Å². The molecule has 0 radical (unpaired) electrons. The molecule has 0 bridgehead atoms. The predicted octanol–water partition coefficient (Wildman–Crippen LogP) is 0.186. The third kappa shape index (κ3) is 4.07. The summed E-state index contributed by atoms with van der Waals surface area (Å²) in [7, 11) is -3.00. The molecular weight excluding hydrogens is 312 g/mol. The molecule has 1 atom stereocenters. The Bertz CT molecular complexity index is 621. The van der Waals surface area contributed by atoms with Gasteiger partial charge in [-0.15, -0.1) is 0 Å². The third-order valence-electron chi connectivity index (χ3n) is 3.33. The Morgan fingerprint density at radius 1 is 1.48 bits per heavy atom. The van der Waals surface area contributed by atoms with Crippen molar-refractivity contribution >= 4 is 33.3 Å². The summed E-state index contributed by atoms with van der Waals surface area (Å²) < 4.78 is 23.1. The van der Waals surface area contributed by atoms with Gasteiger partial charge in [0.15, 0.2) is 15.7 Å². The van der Waals surface area contributed by atoms with Gasteiger partial charge in [-0.1, -0.05) is 11.8 Å². The molecule has 1 amide bonds. The highest BCUT2D eigenvalue weighted by atomic mass is 32.2. The minimum absolute atomic E-state index is 0.0600. The lowest BCUT2D eigenvalue weighted by atomic mass is 10.2. The Balaban J connectivity index is 1.97. The summed E-state index contributed by atoms with van der Waals surface area (Å²) in [6.45, 7) is 2.35. The molecule has 21 heavy (non-hydrogen) atoms. The van der Waals surface area contributed by atoms with Crippen molar-refractivity contribution in [1.82, 2.24) is 14.9 Å². The van der Waals surface area contributed by atoms with E-state index in [1.54, 1.807) is 4.90 Å². The van der Waals surface area contributed by atoms with E-state index in [2.05, 4.69) is 9.97 Å². The standard InChI is InChI=1S/C12H18N4O3S2/c1-2-16(9-3-6-21(18,19)8-9)10(17)7-20-12-11(13)14-4-5-15-12/h4-5,9H,2-3,6-8H2,1H3,(H2,13,14). The molecule has 9 heteroatoms. The van der Waals surface area contributed by atoms with Gasteiger partial charge in [-0.05, 0) is 13.3 Å². The molecule has 1 fully saturated rings. The first-order chi connectivity index (χ1) is 9.93. The van der Waals surface area contributed by atoms with E-state index >= 15 is 0 Å². The highest BCUT2D eigenvalue weighted by molar-refractivity contribution is 8.00. The number of carbonyl (C=O) groups excluding carboxylic acids is 1. The first-order valence-electron chi connectivity index (χ1n) is 6.62. The molecule has 2 rings (SSSR count). The van der Waals surface area contributed by atoms with Crippen LogP contribution in [0.25, 0.3) is 0 Å². The smallest absolute Gasteiger partial charge is 0.233 e. The number of anilines is 1. The molecule has 0 aromatic carbocycles. The molecule has 116 valence electrons. The van der Waals surface area contributed by atoms with Crippen LogP contribution in [0.15, 0.2) is 17.4 Å². The van der Waals surface area contributed by atoms with Crippen molar-refractivity contribution in [3.05, 3.63) is 12.4 Å². The maximum Gasteiger partial charge on any atom is 0.233 e. The Morgan fingerprint density at radius 3 is 2.76 bits per heavy atom. The van der Waals surface area contributed by atoms with Crippen molar-refractivity contribution in [2.45, 2.75) is 24.4 Å². The van der Waals surface area contributed by atoms with Gasteiger partial charge in [0.2, 0.25) is 5.91 Å². The average Bonchev–Trinajstić information content (AvgIpc) is 2.79. The molecule has 2 N–H and O–H groups in total. The van der Waals surface area contributed by atoms with E-state index < -0.39 is 9.84 Å². The highest BCUT2D eigenvalue weighted by Crippen LogP contribution is 2.22. The maximum absolute atomic E-state index is 12.3. The highest BCUT2D eigenvalue weighted by Gasteiger charge is 2.33. The zero-order valence-electron chi connectivity index (χ0n) is 11.7. The molecule has 1 aliphatic heterocycles. The number of nitrogen functional groups attached to an aromatic ring is 1. The lowest BCUT2D eigenvalue weighted by Crippen LogP contribution is -2.41. The van der Waals surface area contributed by atoms with E-state index in [9.17, 15) is 13.2 Å². The van der Waals surface area contributed by atoms with Gasteiger partial charge in [-0.2, -0.15) is 0 Å². The number of hydrogen-bond donors (Lipinski definition) is 1. The molecule has 1 aromatic rings. The van der Waals surface area contributed by atoms with Crippen molar-refractivity contribution in [3.63, 3.8) is 0 Å². The van der Waals surface area contributed by atoms with E-state index in [0.29, 0.717) is 23.8 Å². The van der Waals surface area contributed by atoms with Crippen molar-refractivity contribution in [1.29, 1.82) is 0 Å². The normalized spacial score (nSPS) is 20.3. The van der Waals surface area contributed by atoms with E-state index in [-0.39, 0.29) is 29.2 Å². The molecule has 1 saturated heterocycles. The van der Waals surface area contributed by atoms with E-state index in [0.717, 1.165) is 0 Å². The van der Waals surface area contributed by atoms with Crippen LogP contribution in [0.3, 0.4) is 0 Å². The van der Waals surface area contributed by atoms with Gasteiger partial charge in [0.1, 0.15) is 5.03 Å². The summed E-state index contributed by atoms with van der Waals surface area (Å²) >= 11 is 1.22. The number of carbonyl (C=O) groups is 1. The molecule has 7 nitrogen and oxygen atoms in total.